The number of benzene rings is 2. The molecule has 0 saturated heterocycles. The predicted octanol–water partition coefficient (Wildman–Crippen LogP) is 3.46. The predicted molar refractivity (Wildman–Crippen MR) is 84.2 cm³/mol. The maximum atomic E-state index is 5.74. The van der Waals surface area contributed by atoms with E-state index in [1.807, 2.05) is 0 Å². The van der Waals surface area contributed by atoms with Gasteiger partial charge in [0.25, 0.3) is 0 Å². The van der Waals surface area contributed by atoms with Gasteiger partial charge in [0, 0.05) is 3.57 Å². The molecule has 0 aliphatic rings. The Morgan fingerprint density at radius 3 is 2.33 bits per heavy atom. The second-order valence-electron chi connectivity index (χ2n) is 4.44. The van der Waals surface area contributed by atoms with E-state index >= 15 is 0 Å². The van der Waals surface area contributed by atoms with Crippen molar-refractivity contribution in [2.75, 3.05) is 0 Å². The molecule has 0 bridgehead atoms. The van der Waals surface area contributed by atoms with Crippen molar-refractivity contribution < 1.29 is 0 Å². The average Bonchev–Trinajstić information content (AvgIpc) is 2.37. The lowest BCUT2D eigenvalue weighted by Gasteiger charge is -2.20. The molecule has 3 N–H and O–H groups in total. The van der Waals surface area contributed by atoms with Crippen LogP contribution in [0.4, 0.5) is 0 Å². The number of halogens is 1. The Balaban J connectivity index is 2.45. The average molecular weight is 352 g/mol. The Morgan fingerprint density at radius 2 is 1.72 bits per heavy atom. The van der Waals surface area contributed by atoms with Crippen molar-refractivity contribution in [1.82, 2.24) is 5.43 Å². The Hall–Kier alpha value is -0.910. The van der Waals surface area contributed by atoms with Crippen LogP contribution in [0.5, 0.6) is 0 Å². The highest BCUT2D eigenvalue weighted by Crippen LogP contribution is 2.26. The first-order chi connectivity index (χ1) is 8.63. The SMILES string of the molecule is Cc1cccc(C(NN)c2ccc(I)cc2)c1C. The number of aryl methyl sites for hydroxylation is 1. The molecule has 0 aliphatic heterocycles. The third-order valence-corrected chi connectivity index (χ3v) is 4.05. The number of hydrogen-bond donors (Lipinski definition) is 2. The zero-order valence-electron chi connectivity index (χ0n) is 10.6. The van der Waals surface area contributed by atoms with E-state index in [4.69, 9.17) is 5.84 Å². The van der Waals surface area contributed by atoms with Gasteiger partial charge in [-0.25, -0.2) is 5.43 Å². The van der Waals surface area contributed by atoms with Crippen molar-refractivity contribution in [3.05, 3.63) is 68.3 Å². The van der Waals surface area contributed by atoms with E-state index < -0.39 is 0 Å². The summed E-state index contributed by atoms with van der Waals surface area (Å²) < 4.78 is 1.23. The van der Waals surface area contributed by atoms with E-state index in [9.17, 15) is 0 Å². The van der Waals surface area contributed by atoms with Crippen LogP contribution in [-0.2, 0) is 0 Å². The van der Waals surface area contributed by atoms with E-state index in [1.54, 1.807) is 0 Å². The molecular formula is C15H17IN2. The molecular weight excluding hydrogens is 335 g/mol. The summed E-state index contributed by atoms with van der Waals surface area (Å²) in [5.74, 6) is 5.74. The normalized spacial score (nSPS) is 12.4. The molecule has 2 nitrogen and oxygen atoms in total. The third kappa shape index (κ3) is 2.74. The number of nitrogens with one attached hydrogen (secondary N) is 1. The van der Waals surface area contributed by atoms with Crippen LogP contribution < -0.4 is 11.3 Å². The highest BCUT2D eigenvalue weighted by molar-refractivity contribution is 14.1. The Bertz CT molecular complexity index is 535. The molecule has 94 valence electrons. The molecule has 0 saturated carbocycles. The number of hydrogen-bond acceptors (Lipinski definition) is 2. The van der Waals surface area contributed by atoms with Gasteiger partial charge in [0.05, 0.1) is 6.04 Å². The van der Waals surface area contributed by atoms with Gasteiger partial charge in [-0.15, -0.1) is 0 Å². The van der Waals surface area contributed by atoms with Crippen molar-refractivity contribution in [2.24, 2.45) is 5.84 Å². The summed E-state index contributed by atoms with van der Waals surface area (Å²) in [6, 6.07) is 14.8. The summed E-state index contributed by atoms with van der Waals surface area (Å²) >= 11 is 2.31. The number of nitrogens with two attached hydrogens (primary N) is 1. The summed E-state index contributed by atoms with van der Waals surface area (Å²) in [6.45, 7) is 4.27. The molecule has 1 atom stereocenters. The first-order valence-electron chi connectivity index (χ1n) is 5.91. The van der Waals surface area contributed by atoms with Gasteiger partial charge < -0.3 is 0 Å². The molecule has 18 heavy (non-hydrogen) atoms. The van der Waals surface area contributed by atoms with Crippen LogP contribution in [0.25, 0.3) is 0 Å². The van der Waals surface area contributed by atoms with Crippen LogP contribution >= 0.6 is 22.6 Å². The third-order valence-electron chi connectivity index (χ3n) is 3.33. The Kier molecular flexibility index (Phi) is 4.37. The van der Waals surface area contributed by atoms with E-state index in [2.05, 4.69) is 84.3 Å². The van der Waals surface area contributed by atoms with E-state index in [0.717, 1.165) is 0 Å². The van der Waals surface area contributed by atoms with E-state index in [-0.39, 0.29) is 6.04 Å². The monoisotopic (exact) mass is 352 g/mol. The minimum absolute atomic E-state index is 0.0434. The smallest absolute Gasteiger partial charge is 0.0712 e. The topological polar surface area (TPSA) is 38.0 Å². The molecule has 0 aliphatic carbocycles. The summed E-state index contributed by atoms with van der Waals surface area (Å²) in [5.41, 5.74) is 7.92. The summed E-state index contributed by atoms with van der Waals surface area (Å²) in [6.07, 6.45) is 0. The molecule has 3 heteroatoms. The molecule has 0 aromatic heterocycles. The van der Waals surface area contributed by atoms with Crippen molar-refractivity contribution >= 4 is 22.6 Å². The summed E-state index contributed by atoms with van der Waals surface area (Å²) in [7, 11) is 0. The van der Waals surface area contributed by atoms with Crippen LogP contribution in [0.3, 0.4) is 0 Å². The molecule has 1 unspecified atom stereocenters. The zero-order chi connectivity index (χ0) is 13.1. The summed E-state index contributed by atoms with van der Waals surface area (Å²) in [5, 5.41) is 0. The first kappa shape index (κ1) is 13.5. The van der Waals surface area contributed by atoms with Crippen molar-refractivity contribution in [3.8, 4) is 0 Å². The van der Waals surface area contributed by atoms with Gasteiger partial charge in [-0.1, -0.05) is 30.3 Å². The van der Waals surface area contributed by atoms with Gasteiger partial charge >= 0.3 is 0 Å². The van der Waals surface area contributed by atoms with Crippen LogP contribution in [0.1, 0.15) is 28.3 Å². The number of rotatable bonds is 3. The van der Waals surface area contributed by atoms with Crippen molar-refractivity contribution in [3.63, 3.8) is 0 Å². The fourth-order valence-corrected chi connectivity index (χ4v) is 2.47. The fraction of sp³-hybridized carbons (Fsp3) is 0.200. The lowest BCUT2D eigenvalue weighted by atomic mass is 9.93. The Labute approximate surface area is 122 Å². The van der Waals surface area contributed by atoms with Crippen LogP contribution in [0.2, 0.25) is 0 Å². The highest BCUT2D eigenvalue weighted by Gasteiger charge is 2.14. The highest BCUT2D eigenvalue weighted by atomic mass is 127. The lowest BCUT2D eigenvalue weighted by Crippen LogP contribution is -2.29. The van der Waals surface area contributed by atoms with Gasteiger partial charge in [0.2, 0.25) is 0 Å². The maximum absolute atomic E-state index is 5.74. The van der Waals surface area contributed by atoms with Gasteiger partial charge in [0.15, 0.2) is 0 Å². The molecule has 2 rings (SSSR count). The van der Waals surface area contributed by atoms with E-state index in [0.29, 0.717) is 0 Å². The maximum Gasteiger partial charge on any atom is 0.0712 e. The quantitative estimate of drug-likeness (QED) is 0.504. The first-order valence-corrected chi connectivity index (χ1v) is 6.99. The Morgan fingerprint density at radius 1 is 1.06 bits per heavy atom. The number of hydrazine groups is 1. The lowest BCUT2D eigenvalue weighted by molar-refractivity contribution is 0.633. The molecule has 0 fully saturated rings. The molecule has 0 spiro atoms. The van der Waals surface area contributed by atoms with Gasteiger partial charge in [0.1, 0.15) is 0 Å². The van der Waals surface area contributed by atoms with Crippen LogP contribution in [0.15, 0.2) is 42.5 Å². The van der Waals surface area contributed by atoms with Crippen molar-refractivity contribution in [2.45, 2.75) is 19.9 Å². The van der Waals surface area contributed by atoms with Gasteiger partial charge in [-0.2, -0.15) is 0 Å². The second-order valence-corrected chi connectivity index (χ2v) is 5.69. The minimum atomic E-state index is 0.0434. The second kappa shape index (κ2) is 5.82. The van der Waals surface area contributed by atoms with Gasteiger partial charge in [-0.05, 0) is 70.8 Å². The summed E-state index contributed by atoms with van der Waals surface area (Å²) in [4.78, 5) is 0. The van der Waals surface area contributed by atoms with Gasteiger partial charge in [-0.3, -0.25) is 5.84 Å². The minimum Gasteiger partial charge on any atom is -0.271 e. The largest absolute Gasteiger partial charge is 0.271 e. The van der Waals surface area contributed by atoms with Crippen molar-refractivity contribution in [1.29, 1.82) is 0 Å². The molecule has 2 aromatic rings. The van der Waals surface area contributed by atoms with Crippen LogP contribution in [0, 0.1) is 17.4 Å². The fourth-order valence-electron chi connectivity index (χ4n) is 2.11. The zero-order valence-corrected chi connectivity index (χ0v) is 12.7. The molecule has 2 aromatic carbocycles. The van der Waals surface area contributed by atoms with E-state index in [1.165, 1.54) is 25.8 Å². The molecule has 0 amide bonds. The molecule has 0 radical (unpaired) electrons. The van der Waals surface area contributed by atoms with Crippen LogP contribution in [-0.4, -0.2) is 0 Å². The molecule has 0 heterocycles. The standard InChI is InChI=1S/C15H17IN2/c1-10-4-3-5-14(11(10)2)15(18-17)12-6-8-13(16)9-7-12/h3-9,15,18H,17H2,1-2H3.